The Morgan fingerprint density at radius 2 is 1.85 bits per heavy atom. The molecule has 180 valence electrons. The number of morpholine rings is 1. The van der Waals surface area contributed by atoms with Crippen LogP contribution in [0.4, 0.5) is 13.2 Å². The number of alkyl halides is 3. The Kier molecular flexibility index (Phi) is 6.13. The van der Waals surface area contributed by atoms with Gasteiger partial charge in [0.1, 0.15) is 0 Å². The Morgan fingerprint density at radius 3 is 2.55 bits per heavy atom. The molecule has 2 aromatic rings. The third-order valence-corrected chi connectivity index (χ3v) is 7.53. The number of hydrogen-bond acceptors (Lipinski definition) is 4. The number of likely N-dealkylation sites (tertiary alicyclic amines) is 1. The summed E-state index contributed by atoms with van der Waals surface area (Å²) in [6.45, 7) is 4.63. The van der Waals surface area contributed by atoms with E-state index in [0.717, 1.165) is 49.9 Å². The number of hydrogen-bond donors (Lipinski definition) is 1. The zero-order chi connectivity index (χ0) is 23.2. The molecule has 33 heavy (non-hydrogen) atoms. The highest BCUT2D eigenvalue weighted by atomic mass is 19.4. The van der Waals surface area contributed by atoms with Gasteiger partial charge in [-0.2, -0.15) is 13.2 Å². The van der Waals surface area contributed by atoms with E-state index in [2.05, 4.69) is 20.6 Å². The topological polar surface area (TPSA) is 57.9 Å². The fourth-order valence-corrected chi connectivity index (χ4v) is 5.62. The van der Waals surface area contributed by atoms with Crippen LogP contribution in [0.3, 0.4) is 0 Å². The summed E-state index contributed by atoms with van der Waals surface area (Å²) in [5, 5.41) is 9.87. The smallest absolute Gasteiger partial charge is 0.416 e. The molecule has 0 bridgehead atoms. The normalized spacial score (nSPS) is 25.9. The molecule has 5 rings (SSSR count). The molecule has 3 aliphatic rings. The van der Waals surface area contributed by atoms with Crippen molar-refractivity contribution in [1.82, 2.24) is 14.4 Å². The number of aromatic nitrogens is 1. The number of ether oxygens (including phenoxy) is 1. The van der Waals surface area contributed by atoms with Crippen LogP contribution in [0.1, 0.15) is 42.9 Å². The van der Waals surface area contributed by atoms with Crippen LogP contribution >= 0.6 is 0 Å². The van der Waals surface area contributed by atoms with Crippen LogP contribution < -0.4 is 0 Å². The van der Waals surface area contributed by atoms with Crippen molar-refractivity contribution in [2.75, 3.05) is 39.4 Å². The van der Waals surface area contributed by atoms with Gasteiger partial charge in [-0.05, 0) is 49.4 Å². The molecule has 1 saturated carbocycles. The van der Waals surface area contributed by atoms with Crippen molar-refractivity contribution in [3.8, 4) is 0 Å². The minimum Gasteiger partial charge on any atom is -0.481 e. The van der Waals surface area contributed by atoms with Crippen LogP contribution in [-0.4, -0.2) is 70.9 Å². The average Bonchev–Trinajstić information content (AvgIpc) is 3.10. The van der Waals surface area contributed by atoms with Gasteiger partial charge >= 0.3 is 12.1 Å². The number of benzene rings is 1. The fraction of sp³-hybridized carbons (Fsp3) is 0.625. The third kappa shape index (κ3) is 4.63. The molecule has 9 heteroatoms. The molecule has 2 aliphatic heterocycles. The molecule has 0 amide bonds. The SMILES string of the molecule is O=C(O)C1CN(C2CCCC(n3cc(CN4CCOCC4)c4cc(C(F)(F)F)ccc43)C2)C1. The number of rotatable bonds is 5. The van der Waals surface area contributed by atoms with Gasteiger partial charge in [-0.1, -0.05) is 0 Å². The Morgan fingerprint density at radius 1 is 1.12 bits per heavy atom. The van der Waals surface area contributed by atoms with Gasteiger partial charge in [0.2, 0.25) is 0 Å². The van der Waals surface area contributed by atoms with Crippen molar-refractivity contribution >= 4 is 16.9 Å². The first-order valence-electron chi connectivity index (χ1n) is 11.8. The van der Waals surface area contributed by atoms with Gasteiger partial charge in [0.05, 0.1) is 24.7 Å². The van der Waals surface area contributed by atoms with Crippen molar-refractivity contribution < 1.29 is 27.8 Å². The van der Waals surface area contributed by atoms with E-state index in [0.29, 0.717) is 44.3 Å². The minimum atomic E-state index is -4.37. The molecule has 2 unspecified atom stereocenters. The first-order chi connectivity index (χ1) is 15.8. The molecule has 1 aromatic heterocycles. The standard InChI is InChI=1S/C24H30F3N3O3/c25-24(26,27)18-4-5-22-21(10-18)16(12-28-6-8-33-9-7-28)15-30(22)20-3-1-2-19(11-20)29-13-17(14-29)23(31)32/h4-5,10,15,17,19-20H,1-3,6-9,11-14H2,(H,31,32). The molecule has 1 aliphatic carbocycles. The molecule has 2 atom stereocenters. The molecule has 3 fully saturated rings. The summed E-state index contributed by atoms with van der Waals surface area (Å²) >= 11 is 0. The van der Waals surface area contributed by atoms with Gasteiger partial charge in [-0.15, -0.1) is 0 Å². The average molecular weight is 466 g/mol. The first-order valence-corrected chi connectivity index (χ1v) is 11.8. The fourth-order valence-electron chi connectivity index (χ4n) is 5.62. The summed E-state index contributed by atoms with van der Waals surface area (Å²) in [6.07, 6.45) is 1.64. The highest BCUT2D eigenvalue weighted by Gasteiger charge is 2.39. The summed E-state index contributed by atoms with van der Waals surface area (Å²) in [5.74, 6) is -1.01. The van der Waals surface area contributed by atoms with Gasteiger partial charge in [0.25, 0.3) is 0 Å². The maximum absolute atomic E-state index is 13.5. The molecular formula is C24H30F3N3O3. The maximum Gasteiger partial charge on any atom is 0.416 e. The quantitative estimate of drug-likeness (QED) is 0.724. The number of nitrogens with zero attached hydrogens (tertiary/aromatic N) is 3. The van der Waals surface area contributed by atoms with Gasteiger partial charge in [0.15, 0.2) is 0 Å². The number of fused-ring (bicyclic) bond motifs is 1. The van der Waals surface area contributed by atoms with Crippen LogP contribution in [-0.2, 0) is 22.3 Å². The Bertz CT molecular complexity index is 1010. The summed E-state index contributed by atoms with van der Waals surface area (Å²) < 4.78 is 48.0. The van der Waals surface area contributed by atoms with Gasteiger partial charge in [0, 0.05) is 61.9 Å². The van der Waals surface area contributed by atoms with E-state index >= 15 is 0 Å². The van der Waals surface area contributed by atoms with Crippen molar-refractivity contribution in [3.63, 3.8) is 0 Å². The third-order valence-electron chi connectivity index (χ3n) is 7.53. The van der Waals surface area contributed by atoms with Crippen LogP contribution in [0.25, 0.3) is 10.9 Å². The summed E-state index contributed by atoms with van der Waals surface area (Å²) in [6, 6.07) is 4.63. The van der Waals surface area contributed by atoms with Crippen LogP contribution in [0, 0.1) is 5.92 Å². The van der Waals surface area contributed by atoms with Crippen LogP contribution in [0.2, 0.25) is 0 Å². The highest BCUT2D eigenvalue weighted by Crippen LogP contribution is 2.39. The number of carboxylic acid groups (broad SMARTS) is 1. The van der Waals surface area contributed by atoms with E-state index in [1.165, 1.54) is 12.1 Å². The van der Waals surface area contributed by atoms with E-state index in [1.54, 1.807) is 6.07 Å². The lowest BCUT2D eigenvalue weighted by atomic mass is 9.86. The van der Waals surface area contributed by atoms with Crippen molar-refractivity contribution in [3.05, 3.63) is 35.5 Å². The lowest BCUT2D eigenvalue weighted by molar-refractivity contribution is -0.149. The van der Waals surface area contributed by atoms with Gasteiger partial charge < -0.3 is 14.4 Å². The van der Waals surface area contributed by atoms with E-state index in [4.69, 9.17) is 4.74 Å². The minimum absolute atomic E-state index is 0.199. The second kappa shape index (κ2) is 8.92. The van der Waals surface area contributed by atoms with E-state index in [9.17, 15) is 23.1 Å². The Labute approximate surface area is 190 Å². The predicted molar refractivity (Wildman–Crippen MR) is 117 cm³/mol. The summed E-state index contributed by atoms with van der Waals surface area (Å²) in [7, 11) is 0. The van der Waals surface area contributed by atoms with Crippen molar-refractivity contribution in [2.45, 2.75) is 50.5 Å². The molecule has 1 aromatic carbocycles. The molecule has 2 saturated heterocycles. The number of aliphatic carboxylic acids is 1. The number of halogens is 3. The highest BCUT2D eigenvalue weighted by molar-refractivity contribution is 5.85. The Hall–Kier alpha value is -2.10. The van der Waals surface area contributed by atoms with Crippen molar-refractivity contribution in [1.29, 1.82) is 0 Å². The number of carboxylic acids is 1. The molecule has 6 nitrogen and oxygen atoms in total. The molecule has 0 spiro atoms. The van der Waals surface area contributed by atoms with E-state index in [1.807, 2.05) is 0 Å². The maximum atomic E-state index is 13.5. The number of carbonyl (C=O) groups is 1. The summed E-state index contributed by atoms with van der Waals surface area (Å²) in [4.78, 5) is 15.7. The van der Waals surface area contributed by atoms with E-state index in [-0.39, 0.29) is 12.0 Å². The van der Waals surface area contributed by atoms with E-state index < -0.39 is 17.7 Å². The first kappa shape index (κ1) is 22.7. The molecular weight excluding hydrogens is 435 g/mol. The zero-order valence-electron chi connectivity index (χ0n) is 18.6. The second-order valence-corrected chi connectivity index (χ2v) is 9.64. The molecule has 0 radical (unpaired) electrons. The zero-order valence-corrected chi connectivity index (χ0v) is 18.6. The van der Waals surface area contributed by atoms with Gasteiger partial charge in [-0.3, -0.25) is 14.6 Å². The Balaban J connectivity index is 1.42. The summed E-state index contributed by atoms with van der Waals surface area (Å²) in [5.41, 5.74) is 1.16. The lowest BCUT2D eigenvalue weighted by Crippen LogP contribution is -2.55. The van der Waals surface area contributed by atoms with Crippen molar-refractivity contribution in [2.24, 2.45) is 5.92 Å². The predicted octanol–water partition coefficient (Wildman–Crippen LogP) is 3.99. The molecule has 1 N–H and O–H groups in total. The van der Waals surface area contributed by atoms with Crippen LogP contribution in [0.15, 0.2) is 24.4 Å². The lowest BCUT2D eigenvalue weighted by Gasteiger charge is -2.45. The van der Waals surface area contributed by atoms with Crippen LogP contribution in [0.5, 0.6) is 0 Å². The monoisotopic (exact) mass is 465 g/mol. The molecule has 3 heterocycles. The van der Waals surface area contributed by atoms with Gasteiger partial charge in [-0.25, -0.2) is 0 Å². The largest absolute Gasteiger partial charge is 0.481 e. The second-order valence-electron chi connectivity index (χ2n) is 9.64.